The van der Waals surface area contributed by atoms with Crippen molar-refractivity contribution < 1.29 is 9.59 Å². The van der Waals surface area contributed by atoms with Crippen LogP contribution in [0.25, 0.3) is 0 Å². The zero-order valence-corrected chi connectivity index (χ0v) is 17.0. The summed E-state index contributed by atoms with van der Waals surface area (Å²) in [6.07, 6.45) is 4.26. The maximum atomic E-state index is 12.5. The highest BCUT2D eigenvalue weighted by Gasteiger charge is 2.40. The molecule has 7 heteroatoms. The third-order valence-corrected chi connectivity index (χ3v) is 5.42. The van der Waals surface area contributed by atoms with Crippen molar-refractivity contribution in [2.75, 3.05) is 17.3 Å². The third kappa shape index (κ3) is 3.56. The summed E-state index contributed by atoms with van der Waals surface area (Å²) in [5.74, 6) is 0.631. The van der Waals surface area contributed by atoms with Crippen LogP contribution < -0.4 is 15.5 Å². The number of amides is 2. The lowest BCUT2D eigenvalue weighted by atomic mass is 9.80. The Morgan fingerprint density at radius 3 is 2.54 bits per heavy atom. The number of nitrogens with one attached hydrogen (secondary N) is 2. The highest BCUT2D eigenvalue weighted by molar-refractivity contribution is 5.97. The second-order valence-corrected chi connectivity index (χ2v) is 7.24. The molecular formula is C21H27N5O2. The molecule has 0 saturated carbocycles. The molecule has 1 aromatic carbocycles. The minimum atomic E-state index is -0.156. The average molecular weight is 381 g/mol. The van der Waals surface area contributed by atoms with E-state index < -0.39 is 0 Å². The van der Waals surface area contributed by atoms with Crippen LogP contribution in [-0.2, 0) is 4.79 Å². The van der Waals surface area contributed by atoms with Gasteiger partial charge in [0.2, 0.25) is 5.91 Å². The Labute approximate surface area is 165 Å². The number of aryl methyl sites for hydroxylation is 1. The first-order chi connectivity index (χ1) is 13.4. The molecule has 2 unspecified atom stereocenters. The van der Waals surface area contributed by atoms with Gasteiger partial charge in [-0.15, -0.1) is 0 Å². The summed E-state index contributed by atoms with van der Waals surface area (Å²) >= 11 is 0. The molecule has 1 aliphatic rings. The Balaban J connectivity index is 2.12. The molecule has 1 aromatic heterocycles. The molecule has 0 saturated heterocycles. The topological polar surface area (TPSA) is 87.2 Å². The van der Waals surface area contributed by atoms with Gasteiger partial charge >= 0.3 is 0 Å². The van der Waals surface area contributed by atoms with Gasteiger partial charge in [-0.25, -0.2) is 4.98 Å². The number of aromatic nitrogens is 2. The third-order valence-electron chi connectivity index (χ3n) is 5.42. The summed E-state index contributed by atoms with van der Waals surface area (Å²) in [6, 6.07) is 5.44. The van der Waals surface area contributed by atoms with Crippen molar-refractivity contribution in [2.24, 2.45) is 5.92 Å². The van der Waals surface area contributed by atoms with E-state index >= 15 is 0 Å². The lowest BCUT2D eigenvalue weighted by Crippen LogP contribution is -2.49. The van der Waals surface area contributed by atoms with Crippen molar-refractivity contribution in [3.8, 4) is 0 Å². The van der Waals surface area contributed by atoms with Crippen LogP contribution in [0.5, 0.6) is 0 Å². The van der Waals surface area contributed by atoms with Crippen LogP contribution in [0, 0.1) is 12.8 Å². The minimum Gasteiger partial charge on any atom is -0.362 e. The van der Waals surface area contributed by atoms with Crippen molar-refractivity contribution >= 4 is 23.3 Å². The number of nitrogens with zero attached hydrogens (tertiary/aromatic N) is 3. The zero-order chi connectivity index (χ0) is 20.4. The van der Waals surface area contributed by atoms with Gasteiger partial charge in [-0.05, 0) is 37.1 Å². The highest BCUT2D eigenvalue weighted by atomic mass is 16.2. The monoisotopic (exact) mass is 381 g/mol. The molecule has 2 heterocycles. The number of hydrogen-bond acceptors (Lipinski definition) is 5. The normalized spacial score (nSPS) is 21.0. The van der Waals surface area contributed by atoms with E-state index in [9.17, 15) is 9.59 Å². The first kappa shape index (κ1) is 19.8. The van der Waals surface area contributed by atoms with E-state index in [0.29, 0.717) is 11.4 Å². The van der Waals surface area contributed by atoms with Gasteiger partial charge in [-0.3, -0.25) is 14.6 Å². The van der Waals surface area contributed by atoms with E-state index in [2.05, 4.69) is 34.4 Å². The summed E-state index contributed by atoms with van der Waals surface area (Å²) in [5.41, 5.74) is 3.16. The van der Waals surface area contributed by atoms with E-state index in [0.717, 1.165) is 23.4 Å². The molecule has 0 spiro atoms. The van der Waals surface area contributed by atoms with Gasteiger partial charge < -0.3 is 15.5 Å². The van der Waals surface area contributed by atoms with Crippen LogP contribution in [-0.4, -0.2) is 34.9 Å². The maximum absolute atomic E-state index is 12.5. The van der Waals surface area contributed by atoms with Crippen molar-refractivity contribution in [3.05, 3.63) is 47.4 Å². The summed E-state index contributed by atoms with van der Waals surface area (Å²) in [5, 5.41) is 6.14. The number of carbonyl (C=O) groups is 2. The number of rotatable bonds is 4. The minimum absolute atomic E-state index is 0.00113. The van der Waals surface area contributed by atoms with Gasteiger partial charge in [0.05, 0.1) is 24.1 Å². The molecule has 28 heavy (non-hydrogen) atoms. The van der Waals surface area contributed by atoms with Crippen LogP contribution in [0.2, 0.25) is 0 Å². The number of anilines is 2. The van der Waals surface area contributed by atoms with Crippen LogP contribution in [0.15, 0.2) is 30.6 Å². The van der Waals surface area contributed by atoms with E-state index in [-0.39, 0.29) is 29.8 Å². The number of hydrogen-bond donors (Lipinski definition) is 2. The molecule has 0 bridgehead atoms. The molecule has 0 radical (unpaired) electrons. The fraction of sp³-hybridized carbons (Fsp3) is 0.429. The van der Waals surface area contributed by atoms with E-state index in [1.165, 1.54) is 0 Å². The van der Waals surface area contributed by atoms with Gasteiger partial charge in [0, 0.05) is 37.2 Å². The first-order valence-electron chi connectivity index (χ1n) is 9.58. The fourth-order valence-electron chi connectivity index (χ4n) is 4.02. The molecule has 7 nitrogen and oxygen atoms in total. The summed E-state index contributed by atoms with van der Waals surface area (Å²) in [6.45, 7) is 7.69. The summed E-state index contributed by atoms with van der Waals surface area (Å²) in [4.78, 5) is 35.2. The number of benzene rings is 1. The fourth-order valence-corrected chi connectivity index (χ4v) is 4.02. The lowest BCUT2D eigenvalue weighted by Gasteiger charge is -2.45. The lowest BCUT2D eigenvalue weighted by molar-refractivity contribution is -0.117. The Morgan fingerprint density at radius 2 is 1.96 bits per heavy atom. The highest BCUT2D eigenvalue weighted by Crippen LogP contribution is 2.43. The second-order valence-electron chi connectivity index (χ2n) is 7.24. The van der Waals surface area contributed by atoms with Crippen molar-refractivity contribution in [1.29, 1.82) is 0 Å². The molecule has 1 aliphatic heterocycles. The molecular weight excluding hydrogens is 354 g/mol. The Bertz CT molecular complexity index is 881. The molecule has 2 amide bonds. The van der Waals surface area contributed by atoms with Gasteiger partial charge in [0.1, 0.15) is 5.82 Å². The van der Waals surface area contributed by atoms with Crippen molar-refractivity contribution in [3.63, 3.8) is 0 Å². The van der Waals surface area contributed by atoms with E-state index in [1.54, 1.807) is 32.4 Å². The van der Waals surface area contributed by atoms with Crippen LogP contribution in [0.4, 0.5) is 11.5 Å². The summed E-state index contributed by atoms with van der Waals surface area (Å²) in [7, 11) is 1.61. The van der Waals surface area contributed by atoms with E-state index in [1.807, 2.05) is 24.0 Å². The number of carbonyl (C=O) groups excluding carboxylic acids is 2. The zero-order valence-electron chi connectivity index (χ0n) is 17.0. The van der Waals surface area contributed by atoms with Crippen LogP contribution >= 0.6 is 0 Å². The molecule has 3 rings (SSSR count). The van der Waals surface area contributed by atoms with E-state index in [4.69, 9.17) is 0 Å². The molecule has 148 valence electrons. The molecule has 3 atom stereocenters. The predicted molar refractivity (Wildman–Crippen MR) is 109 cm³/mol. The second kappa shape index (κ2) is 7.96. The van der Waals surface area contributed by atoms with Gasteiger partial charge in [0.25, 0.3) is 5.91 Å². The molecule has 2 N–H and O–H groups in total. The average Bonchev–Trinajstić information content (AvgIpc) is 2.69. The van der Waals surface area contributed by atoms with Gasteiger partial charge in [-0.1, -0.05) is 13.8 Å². The Morgan fingerprint density at radius 1 is 1.21 bits per heavy atom. The largest absolute Gasteiger partial charge is 0.362 e. The van der Waals surface area contributed by atoms with Crippen LogP contribution in [0.3, 0.4) is 0 Å². The first-order valence-corrected chi connectivity index (χ1v) is 9.58. The Hall–Kier alpha value is -2.96. The Kier molecular flexibility index (Phi) is 5.63. The van der Waals surface area contributed by atoms with Crippen LogP contribution in [0.1, 0.15) is 54.8 Å². The quantitative estimate of drug-likeness (QED) is 0.850. The van der Waals surface area contributed by atoms with Crippen molar-refractivity contribution in [1.82, 2.24) is 15.3 Å². The molecule has 0 aliphatic carbocycles. The van der Waals surface area contributed by atoms with Crippen molar-refractivity contribution in [2.45, 2.75) is 46.2 Å². The SMILES string of the molecule is CCC1[C@H](C)C(Nc2cnc(C)cn2)c2cc(C(=O)NC)ccc2N1C(C)=O. The maximum Gasteiger partial charge on any atom is 0.251 e. The molecule has 0 fully saturated rings. The van der Waals surface area contributed by atoms with Gasteiger partial charge in [0.15, 0.2) is 0 Å². The molecule has 2 aromatic rings. The van der Waals surface area contributed by atoms with Gasteiger partial charge in [-0.2, -0.15) is 0 Å². The standard InChI is InChI=1S/C21H27N5O2/c1-6-17-13(3)20(25-19-11-23-12(2)10-24-19)16-9-15(21(28)22-5)7-8-18(16)26(17)14(4)27/h7-11,13,17,20H,6H2,1-5H3,(H,22,28)(H,24,25)/t13-,17?,20?/m0/s1. The smallest absolute Gasteiger partial charge is 0.251 e. The number of fused-ring (bicyclic) bond motifs is 1. The predicted octanol–water partition coefficient (Wildman–Crippen LogP) is 3.08. The summed E-state index contributed by atoms with van der Waals surface area (Å²) < 4.78 is 0.